The summed E-state index contributed by atoms with van der Waals surface area (Å²) in [6, 6.07) is 7.38. The van der Waals surface area contributed by atoms with Crippen LogP contribution in [0.5, 0.6) is 0 Å². The fourth-order valence-electron chi connectivity index (χ4n) is 3.45. The quantitative estimate of drug-likeness (QED) is 0.253. The number of carbonyl (C=O) groups is 5. The summed E-state index contributed by atoms with van der Waals surface area (Å²) in [5.74, 6) is -0.414. The number of hydrogen-bond donors (Lipinski definition) is 5. The molecule has 204 valence electrons. The number of benzene rings is 1. The number of nitrogens with zero attached hydrogens (tertiary/aromatic N) is 4. The van der Waals surface area contributed by atoms with Crippen molar-refractivity contribution >= 4 is 58.4 Å². The number of aryl methyl sites for hydroxylation is 2. The topological polar surface area (TPSA) is 208 Å². The molecule has 2 heterocycles. The molecule has 1 aliphatic heterocycles. The van der Waals surface area contributed by atoms with E-state index in [0.717, 1.165) is 23.2 Å². The molecule has 0 atom stereocenters. The van der Waals surface area contributed by atoms with Gasteiger partial charge in [0.2, 0.25) is 11.8 Å². The van der Waals surface area contributed by atoms with E-state index in [1.807, 2.05) is 12.1 Å². The summed E-state index contributed by atoms with van der Waals surface area (Å²) >= 11 is 1.16. The van der Waals surface area contributed by atoms with Crippen LogP contribution in [0.15, 0.2) is 29.3 Å². The third-order valence-electron chi connectivity index (χ3n) is 5.20. The van der Waals surface area contributed by atoms with E-state index in [-0.39, 0.29) is 17.7 Å². The van der Waals surface area contributed by atoms with Gasteiger partial charge in [-0.3, -0.25) is 14.4 Å². The van der Waals surface area contributed by atoms with Crippen LogP contribution in [0, 0.1) is 0 Å². The second-order valence-corrected chi connectivity index (χ2v) is 8.99. The minimum atomic E-state index is -1.33. The van der Waals surface area contributed by atoms with E-state index in [1.54, 1.807) is 21.9 Å². The fourth-order valence-corrected chi connectivity index (χ4v) is 4.48. The van der Waals surface area contributed by atoms with E-state index in [2.05, 4.69) is 26.3 Å². The van der Waals surface area contributed by atoms with Crippen LogP contribution in [0.2, 0.25) is 0 Å². The number of hydrogen-bond acceptors (Lipinski definition) is 7. The summed E-state index contributed by atoms with van der Waals surface area (Å²) in [6.07, 6.45) is -0.398. The van der Waals surface area contributed by atoms with Gasteiger partial charge in [0.1, 0.15) is 4.88 Å². The van der Waals surface area contributed by atoms with Crippen LogP contribution in [0.25, 0.3) is 0 Å². The maximum atomic E-state index is 13.2. The van der Waals surface area contributed by atoms with Crippen molar-refractivity contribution in [1.82, 2.24) is 14.8 Å². The molecule has 0 spiro atoms. The molecule has 38 heavy (non-hydrogen) atoms. The highest BCUT2D eigenvalue weighted by molar-refractivity contribution is 7.17. The lowest BCUT2D eigenvalue weighted by Gasteiger charge is -2.34. The first kappa shape index (κ1) is 29.7. The first-order valence-corrected chi connectivity index (χ1v) is 12.2. The van der Waals surface area contributed by atoms with Gasteiger partial charge in [-0.25, -0.2) is 14.6 Å². The molecule has 2 aromatic rings. The lowest BCUT2D eigenvalue weighted by Crippen LogP contribution is -2.50. The van der Waals surface area contributed by atoms with Crippen LogP contribution in [0.4, 0.5) is 20.4 Å². The first-order chi connectivity index (χ1) is 18.0. The van der Waals surface area contributed by atoms with Crippen LogP contribution in [0.3, 0.4) is 0 Å². The van der Waals surface area contributed by atoms with Gasteiger partial charge in [-0.2, -0.15) is 4.99 Å². The number of aliphatic imine (C=N–C) groups is 1. The molecule has 14 nitrogen and oxygen atoms in total. The van der Waals surface area contributed by atoms with Crippen molar-refractivity contribution in [3.05, 3.63) is 40.4 Å². The molecule has 15 heteroatoms. The number of amides is 5. The van der Waals surface area contributed by atoms with Gasteiger partial charge in [-0.05, 0) is 30.5 Å². The molecule has 0 unspecified atom stereocenters. The Morgan fingerprint density at radius 1 is 1.03 bits per heavy atom. The van der Waals surface area contributed by atoms with Crippen molar-refractivity contribution in [1.29, 1.82) is 0 Å². The van der Waals surface area contributed by atoms with Crippen LogP contribution in [0.1, 0.15) is 34.8 Å². The highest BCUT2D eigenvalue weighted by atomic mass is 32.1. The molecule has 1 saturated heterocycles. The molecule has 5 amide bonds. The predicted octanol–water partition coefficient (Wildman–Crippen LogP) is 1.93. The Balaban J connectivity index is 0.00000118. The zero-order valence-electron chi connectivity index (χ0n) is 20.8. The largest absolute Gasteiger partial charge is 0.465 e. The Kier molecular flexibility index (Phi) is 11.2. The Morgan fingerprint density at radius 3 is 2.13 bits per heavy atom. The molecule has 0 saturated carbocycles. The number of aromatic nitrogens is 1. The zero-order chi connectivity index (χ0) is 28.2. The van der Waals surface area contributed by atoms with E-state index in [0.29, 0.717) is 60.4 Å². The van der Waals surface area contributed by atoms with Crippen LogP contribution in [-0.2, 0) is 22.4 Å². The highest BCUT2D eigenvalue weighted by Crippen LogP contribution is 2.26. The maximum absolute atomic E-state index is 13.2. The molecule has 0 radical (unpaired) electrons. The number of nitrogens with one attached hydrogen (secondary N) is 2. The third-order valence-corrected chi connectivity index (χ3v) is 6.20. The Hall–Kier alpha value is -4.53. The fraction of sp³-hybridized carbons (Fsp3) is 0.348. The van der Waals surface area contributed by atoms with E-state index >= 15 is 0 Å². The average Bonchev–Trinajstić information content (AvgIpc) is 3.24. The van der Waals surface area contributed by atoms with Gasteiger partial charge in [-0.15, -0.1) is 0 Å². The number of piperazine rings is 1. The Labute approximate surface area is 222 Å². The second-order valence-electron chi connectivity index (χ2n) is 7.99. The number of carbonyl (C=O) groups excluding carboxylic acids is 3. The highest BCUT2D eigenvalue weighted by Gasteiger charge is 2.27. The van der Waals surface area contributed by atoms with Crippen molar-refractivity contribution in [2.45, 2.75) is 26.7 Å². The van der Waals surface area contributed by atoms with Gasteiger partial charge >= 0.3 is 12.2 Å². The summed E-state index contributed by atoms with van der Waals surface area (Å²) < 4.78 is 0. The van der Waals surface area contributed by atoms with Crippen LogP contribution < -0.4 is 16.4 Å². The van der Waals surface area contributed by atoms with Gasteiger partial charge in [0.05, 0.1) is 12.0 Å². The van der Waals surface area contributed by atoms with Crippen molar-refractivity contribution < 1.29 is 34.2 Å². The third kappa shape index (κ3) is 9.85. The molecule has 1 fully saturated rings. The van der Waals surface area contributed by atoms with Gasteiger partial charge < -0.3 is 36.4 Å². The number of thiazole rings is 1. The Bertz CT molecular complexity index is 1190. The average molecular weight is 548 g/mol. The predicted molar refractivity (Wildman–Crippen MR) is 141 cm³/mol. The molecular formula is C23H29N7O7S. The molecule has 0 bridgehead atoms. The lowest BCUT2D eigenvalue weighted by molar-refractivity contribution is -0.130. The van der Waals surface area contributed by atoms with Crippen molar-refractivity contribution in [2.24, 2.45) is 10.7 Å². The SMILES string of the molecule is CC(=O)Nc1nc(CCc2ccc(NC=NC(=O)O)cc2)c(C(=O)N2CCN(C(C)=O)CC2)s1.NC(=O)O. The maximum Gasteiger partial charge on any atom is 0.432 e. The first-order valence-electron chi connectivity index (χ1n) is 11.4. The van der Waals surface area contributed by atoms with Gasteiger partial charge in [0.15, 0.2) is 5.13 Å². The van der Waals surface area contributed by atoms with E-state index in [9.17, 15) is 19.2 Å². The molecule has 3 rings (SSSR count). The van der Waals surface area contributed by atoms with Crippen LogP contribution >= 0.6 is 11.3 Å². The standard InChI is InChI=1S/C22H26N6O5S.CH3NO2/c1-14(29)25-21-26-18(8-5-16-3-6-17(7-4-16)23-13-24-22(32)33)19(34-21)20(31)28-11-9-27(10-12-28)15(2)30;2-1(3)4/h3-4,6-7,13H,5,8-12H2,1-2H3,(H,23,24)(H,32,33)(H,25,26,29);2H2,(H,3,4). The van der Waals surface area contributed by atoms with Crippen LogP contribution in [-0.4, -0.2) is 87.4 Å². The molecule has 1 aromatic heterocycles. The summed E-state index contributed by atoms with van der Waals surface area (Å²) in [4.78, 5) is 67.1. The number of primary amides is 1. The van der Waals surface area contributed by atoms with Gasteiger partial charge in [-0.1, -0.05) is 23.5 Å². The molecule has 0 aliphatic carbocycles. The minimum Gasteiger partial charge on any atom is -0.465 e. The normalized spacial score (nSPS) is 12.9. The summed E-state index contributed by atoms with van der Waals surface area (Å²) in [5, 5.41) is 21.5. The van der Waals surface area contributed by atoms with E-state index < -0.39 is 12.2 Å². The summed E-state index contributed by atoms with van der Waals surface area (Å²) in [7, 11) is 0. The summed E-state index contributed by atoms with van der Waals surface area (Å²) in [5.41, 5.74) is 6.34. The number of carboxylic acid groups (broad SMARTS) is 2. The van der Waals surface area contributed by atoms with Gasteiger partial charge in [0.25, 0.3) is 5.91 Å². The molecule has 1 aliphatic rings. The smallest absolute Gasteiger partial charge is 0.432 e. The van der Waals surface area contributed by atoms with Crippen molar-refractivity contribution in [3.8, 4) is 0 Å². The minimum absolute atomic E-state index is 0.00564. The lowest BCUT2D eigenvalue weighted by atomic mass is 10.1. The van der Waals surface area contributed by atoms with E-state index in [1.165, 1.54) is 13.8 Å². The van der Waals surface area contributed by atoms with Crippen molar-refractivity contribution in [3.63, 3.8) is 0 Å². The number of anilines is 2. The number of nitrogens with two attached hydrogens (primary N) is 1. The Morgan fingerprint density at radius 2 is 1.61 bits per heavy atom. The molecule has 6 N–H and O–H groups in total. The molecular weight excluding hydrogens is 518 g/mol. The zero-order valence-corrected chi connectivity index (χ0v) is 21.7. The van der Waals surface area contributed by atoms with E-state index in [4.69, 9.17) is 15.0 Å². The number of rotatable bonds is 7. The molecule has 1 aromatic carbocycles. The monoisotopic (exact) mass is 547 g/mol. The van der Waals surface area contributed by atoms with Crippen molar-refractivity contribution in [2.75, 3.05) is 36.8 Å². The van der Waals surface area contributed by atoms with Gasteiger partial charge in [0, 0.05) is 45.7 Å². The summed E-state index contributed by atoms with van der Waals surface area (Å²) in [6.45, 7) is 4.79. The second kappa shape index (κ2) is 14.3.